The molecular formula is C27H29N3O3S. The Labute approximate surface area is 203 Å². The van der Waals surface area contributed by atoms with E-state index in [0.717, 1.165) is 22.5 Å². The number of aromatic nitrogens is 1. The molecule has 0 bridgehead atoms. The van der Waals surface area contributed by atoms with Crippen molar-refractivity contribution in [1.82, 2.24) is 9.88 Å². The fourth-order valence-electron chi connectivity index (χ4n) is 3.46. The minimum absolute atomic E-state index is 0.0268. The number of hydrogen-bond donors (Lipinski definition) is 1. The number of methoxy groups -OCH3 is 1. The maximum absolute atomic E-state index is 13.5. The van der Waals surface area contributed by atoms with Crippen LogP contribution in [0.25, 0.3) is 17.3 Å². The average Bonchev–Trinajstić information content (AvgIpc) is 3.10. The van der Waals surface area contributed by atoms with Gasteiger partial charge in [-0.2, -0.15) is 5.26 Å². The van der Waals surface area contributed by atoms with E-state index in [0.29, 0.717) is 21.5 Å². The smallest absolute Gasteiger partial charge is 0.273 e. The van der Waals surface area contributed by atoms with Gasteiger partial charge in [0.1, 0.15) is 10.7 Å². The highest BCUT2D eigenvalue weighted by Crippen LogP contribution is 2.22. The molecule has 0 fully saturated rings. The Hall–Kier alpha value is -3.47. The standard InChI is InChI=1S/C27H29N3O3S/c1-18-8-6-7-9-22(18)30-25(32)23(16-19-10-12-20(13-11-19)27(2,3)4)34-26(30)21(17-28)24(31)29-14-15-33-5/h6-13,16H,14-15H2,1-5H3,(H,29,31)/b23-16-,26-21-. The van der Waals surface area contributed by atoms with Crippen molar-refractivity contribution in [2.24, 2.45) is 0 Å². The van der Waals surface area contributed by atoms with Gasteiger partial charge in [-0.15, -0.1) is 11.3 Å². The Kier molecular flexibility index (Phi) is 7.87. The van der Waals surface area contributed by atoms with Gasteiger partial charge in [0.15, 0.2) is 5.57 Å². The topological polar surface area (TPSA) is 84.1 Å². The van der Waals surface area contributed by atoms with Gasteiger partial charge in [0.2, 0.25) is 0 Å². The van der Waals surface area contributed by atoms with Crippen LogP contribution in [-0.2, 0) is 14.9 Å². The molecule has 1 N–H and O–H groups in total. The molecule has 34 heavy (non-hydrogen) atoms. The Balaban J connectivity index is 2.26. The summed E-state index contributed by atoms with van der Waals surface area (Å²) in [7, 11) is 1.53. The van der Waals surface area contributed by atoms with E-state index in [4.69, 9.17) is 4.74 Å². The van der Waals surface area contributed by atoms with Crippen LogP contribution < -0.4 is 20.1 Å². The number of carbonyl (C=O) groups is 1. The van der Waals surface area contributed by atoms with Gasteiger partial charge < -0.3 is 10.1 Å². The van der Waals surface area contributed by atoms with Crippen molar-refractivity contribution in [3.63, 3.8) is 0 Å². The van der Waals surface area contributed by atoms with Crippen LogP contribution in [-0.4, -0.2) is 30.7 Å². The summed E-state index contributed by atoms with van der Waals surface area (Å²) in [6, 6.07) is 17.5. The molecule has 0 aliphatic carbocycles. The average molecular weight is 476 g/mol. The van der Waals surface area contributed by atoms with Crippen molar-refractivity contribution < 1.29 is 9.53 Å². The summed E-state index contributed by atoms with van der Waals surface area (Å²) in [5.41, 5.74) is 3.22. The number of hydrogen-bond acceptors (Lipinski definition) is 5. The number of rotatable bonds is 6. The molecule has 0 spiro atoms. The van der Waals surface area contributed by atoms with E-state index < -0.39 is 5.91 Å². The SMILES string of the molecule is COCCNC(=O)/C(C#N)=c1\s/c(=C\c2ccc(C(C)(C)C)cc2)c(=O)n1-c1ccccc1C. The van der Waals surface area contributed by atoms with Gasteiger partial charge in [0.25, 0.3) is 11.5 Å². The van der Waals surface area contributed by atoms with Gasteiger partial charge in [0.05, 0.1) is 16.8 Å². The van der Waals surface area contributed by atoms with E-state index in [1.807, 2.05) is 49.4 Å². The monoisotopic (exact) mass is 475 g/mol. The lowest BCUT2D eigenvalue weighted by molar-refractivity contribution is -0.115. The third kappa shape index (κ3) is 5.53. The van der Waals surface area contributed by atoms with Gasteiger partial charge in [-0.25, -0.2) is 0 Å². The molecule has 0 saturated carbocycles. The van der Waals surface area contributed by atoms with Crippen molar-refractivity contribution in [2.75, 3.05) is 20.3 Å². The fraction of sp³-hybridized carbons (Fsp3) is 0.296. The predicted molar refractivity (Wildman–Crippen MR) is 137 cm³/mol. The summed E-state index contributed by atoms with van der Waals surface area (Å²) >= 11 is 1.14. The van der Waals surface area contributed by atoms with E-state index >= 15 is 0 Å². The van der Waals surface area contributed by atoms with Crippen LogP contribution in [0.2, 0.25) is 0 Å². The number of nitriles is 1. The van der Waals surface area contributed by atoms with E-state index in [-0.39, 0.29) is 23.1 Å². The van der Waals surface area contributed by atoms with E-state index in [1.54, 1.807) is 6.08 Å². The maximum Gasteiger partial charge on any atom is 0.273 e. The summed E-state index contributed by atoms with van der Waals surface area (Å²) in [6.45, 7) is 8.92. The van der Waals surface area contributed by atoms with Crippen LogP contribution in [0.1, 0.15) is 37.5 Å². The summed E-state index contributed by atoms with van der Waals surface area (Å²) in [5.74, 6) is -0.538. The number of thiazole rings is 1. The van der Waals surface area contributed by atoms with Crippen molar-refractivity contribution in [2.45, 2.75) is 33.1 Å². The Morgan fingerprint density at radius 2 is 1.85 bits per heavy atom. The first-order valence-corrected chi connectivity index (χ1v) is 11.8. The molecule has 3 aromatic rings. The number of para-hydroxylation sites is 1. The van der Waals surface area contributed by atoms with Gasteiger partial charge in [-0.1, -0.05) is 63.2 Å². The quantitative estimate of drug-likeness (QED) is 0.556. The number of benzene rings is 2. The fourth-order valence-corrected chi connectivity index (χ4v) is 4.56. The van der Waals surface area contributed by atoms with Crippen LogP contribution >= 0.6 is 11.3 Å². The second kappa shape index (κ2) is 10.6. The number of nitrogens with zero attached hydrogens (tertiary/aromatic N) is 2. The second-order valence-electron chi connectivity index (χ2n) is 8.95. The third-order valence-corrected chi connectivity index (χ3v) is 6.49. The number of aryl methyl sites for hydroxylation is 1. The highest BCUT2D eigenvalue weighted by atomic mass is 32.1. The number of ether oxygens (including phenoxy) is 1. The van der Waals surface area contributed by atoms with E-state index in [2.05, 4.69) is 38.2 Å². The Morgan fingerprint density at radius 1 is 1.18 bits per heavy atom. The van der Waals surface area contributed by atoms with Crippen LogP contribution in [0, 0.1) is 18.3 Å². The number of amides is 1. The zero-order valence-corrected chi connectivity index (χ0v) is 21.0. The van der Waals surface area contributed by atoms with Crippen molar-refractivity contribution >= 4 is 28.9 Å². The van der Waals surface area contributed by atoms with Crippen LogP contribution in [0.4, 0.5) is 0 Å². The van der Waals surface area contributed by atoms with Gasteiger partial charge in [-0.3, -0.25) is 14.2 Å². The lowest BCUT2D eigenvalue weighted by Gasteiger charge is -2.18. The highest BCUT2D eigenvalue weighted by Gasteiger charge is 2.18. The molecule has 1 amide bonds. The van der Waals surface area contributed by atoms with Crippen LogP contribution in [0.5, 0.6) is 0 Å². The summed E-state index contributed by atoms with van der Waals surface area (Å²) in [4.78, 5) is 26.3. The van der Waals surface area contributed by atoms with Crippen molar-refractivity contribution in [3.05, 3.63) is 84.8 Å². The minimum Gasteiger partial charge on any atom is -0.383 e. The predicted octanol–water partition coefficient (Wildman–Crippen LogP) is 2.77. The zero-order chi connectivity index (χ0) is 24.9. The molecule has 1 heterocycles. The lowest BCUT2D eigenvalue weighted by Crippen LogP contribution is -2.35. The molecule has 0 saturated heterocycles. The van der Waals surface area contributed by atoms with E-state index in [9.17, 15) is 14.9 Å². The molecular weight excluding hydrogens is 446 g/mol. The molecule has 0 atom stereocenters. The van der Waals surface area contributed by atoms with Gasteiger partial charge >= 0.3 is 0 Å². The molecule has 176 valence electrons. The largest absolute Gasteiger partial charge is 0.383 e. The molecule has 0 aliphatic rings. The minimum atomic E-state index is -0.538. The Morgan fingerprint density at radius 3 is 2.44 bits per heavy atom. The first-order chi connectivity index (χ1) is 16.2. The normalized spacial score (nSPS) is 12.9. The molecule has 3 rings (SSSR count). The lowest BCUT2D eigenvalue weighted by atomic mass is 9.87. The zero-order valence-electron chi connectivity index (χ0n) is 20.1. The van der Waals surface area contributed by atoms with Gasteiger partial charge in [0, 0.05) is 13.7 Å². The molecule has 6 nitrogen and oxygen atoms in total. The molecule has 0 unspecified atom stereocenters. The van der Waals surface area contributed by atoms with Gasteiger partial charge in [-0.05, 0) is 41.2 Å². The molecule has 1 aromatic heterocycles. The number of nitrogens with one attached hydrogen (secondary N) is 1. The third-order valence-electron chi connectivity index (χ3n) is 5.40. The summed E-state index contributed by atoms with van der Waals surface area (Å²) in [6.07, 6.45) is 1.80. The van der Waals surface area contributed by atoms with Crippen LogP contribution in [0.15, 0.2) is 53.3 Å². The van der Waals surface area contributed by atoms with Crippen molar-refractivity contribution in [1.29, 1.82) is 5.26 Å². The summed E-state index contributed by atoms with van der Waals surface area (Å²) < 4.78 is 7.18. The number of carbonyl (C=O) groups excluding carboxylic acids is 1. The van der Waals surface area contributed by atoms with Crippen LogP contribution in [0.3, 0.4) is 0 Å². The highest BCUT2D eigenvalue weighted by molar-refractivity contribution is 7.07. The molecule has 2 aromatic carbocycles. The second-order valence-corrected chi connectivity index (χ2v) is 9.98. The Bertz CT molecular complexity index is 1400. The first-order valence-electron chi connectivity index (χ1n) is 11.0. The first kappa shape index (κ1) is 25.2. The molecule has 0 radical (unpaired) electrons. The maximum atomic E-state index is 13.5. The molecule has 7 heteroatoms. The summed E-state index contributed by atoms with van der Waals surface area (Å²) in [5, 5.41) is 12.5. The van der Waals surface area contributed by atoms with Crippen molar-refractivity contribution in [3.8, 4) is 11.8 Å². The molecule has 0 aliphatic heterocycles. The van der Waals surface area contributed by atoms with E-state index in [1.165, 1.54) is 17.2 Å².